The maximum absolute atomic E-state index is 13.1. The summed E-state index contributed by atoms with van der Waals surface area (Å²) in [6.07, 6.45) is 1.77. The molecule has 178 valence electrons. The summed E-state index contributed by atoms with van der Waals surface area (Å²) in [6, 6.07) is 19.4. The SMILES string of the molecule is CCOc1cc(/C=C2\SC(=S)N(c3cccc(C)c3)C2=O)ccc1OCc1ccccc1[N+](=O)[O-]. The van der Waals surface area contributed by atoms with Crippen LogP contribution in [0, 0.1) is 17.0 Å². The monoisotopic (exact) mass is 506 g/mol. The number of rotatable bonds is 8. The van der Waals surface area contributed by atoms with Crippen LogP contribution in [0.1, 0.15) is 23.6 Å². The van der Waals surface area contributed by atoms with Crippen molar-refractivity contribution in [2.75, 3.05) is 11.5 Å². The molecule has 1 amide bonds. The van der Waals surface area contributed by atoms with Gasteiger partial charge in [0.2, 0.25) is 0 Å². The summed E-state index contributed by atoms with van der Waals surface area (Å²) in [5, 5.41) is 11.3. The molecule has 0 bridgehead atoms. The molecule has 9 heteroatoms. The number of hydrogen-bond acceptors (Lipinski definition) is 7. The molecule has 0 spiro atoms. The number of para-hydroxylation sites is 1. The Labute approximate surface area is 212 Å². The first-order valence-electron chi connectivity index (χ1n) is 10.8. The van der Waals surface area contributed by atoms with Gasteiger partial charge in [-0.3, -0.25) is 19.8 Å². The van der Waals surface area contributed by atoms with Crippen molar-refractivity contribution in [1.29, 1.82) is 0 Å². The van der Waals surface area contributed by atoms with E-state index in [1.165, 1.54) is 22.7 Å². The van der Waals surface area contributed by atoms with Crippen LogP contribution in [-0.4, -0.2) is 21.8 Å². The maximum Gasteiger partial charge on any atom is 0.276 e. The molecule has 4 rings (SSSR count). The van der Waals surface area contributed by atoms with E-state index in [-0.39, 0.29) is 18.2 Å². The van der Waals surface area contributed by atoms with Crippen LogP contribution in [0.25, 0.3) is 6.08 Å². The summed E-state index contributed by atoms with van der Waals surface area (Å²) in [5.74, 6) is 0.753. The van der Waals surface area contributed by atoms with Crippen molar-refractivity contribution in [3.8, 4) is 11.5 Å². The van der Waals surface area contributed by atoms with Gasteiger partial charge in [0, 0.05) is 6.07 Å². The highest BCUT2D eigenvalue weighted by molar-refractivity contribution is 8.27. The van der Waals surface area contributed by atoms with Crippen molar-refractivity contribution < 1.29 is 19.2 Å². The number of carbonyl (C=O) groups is 1. The lowest BCUT2D eigenvalue weighted by molar-refractivity contribution is -0.385. The number of nitro benzene ring substituents is 1. The van der Waals surface area contributed by atoms with Gasteiger partial charge in [-0.25, -0.2) is 0 Å². The largest absolute Gasteiger partial charge is 0.490 e. The fourth-order valence-electron chi connectivity index (χ4n) is 3.58. The lowest BCUT2D eigenvalue weighted by atomic mass is 10.1. The van der Waals surface area contributed by atoms with Crippen LogP contribution in [0.3, 0.4) is 0 Å². The molecule has 1 aliphatic heterocycles. The zero-order valence-corrected chi connectivity index (χ0v) is 20.7. The Balaban J connectivity index is 1.56. The molecule has 1 fully saturated rings. The van der Waals surface area contributed by atoms with Gasteiger partial charge in [-0.2, -0.15) is 0 Å². The van der Waals surface area contributed by atoms with Gasteiger partial charge >= 0.3 is 0 Å². The molecule has 0 radical (unpaired) electrons. The number of aryl methyl sites for hydroxylation is 1. The quantitative estimate of drug-likeness (QED) is 0.154. The van der Waals surface area contributed by atoms with E-state index >= 15 is 0 Å². The van der Waals surface area contributed by atoms with Gasteiger partial charge in [0.05, 0.1) is 27.7 Å². The zero-order valence-electron chi connectivity index (χ0n) is 19.1. The topological polar surface area (TPSA) is 81.9 Å². The molecule has 35 heavy (non-hydrogen) atoms. The third-order valence-corrected chi connectivity index (χ3v) is 6.49. The predicted octanol–water partition coefficient (Wildman–Crippen LogP) is 6.29. The highest BCUT2D eigenvalue weighted by Gasteiger charge is 2.33. The summed E-state index contributed by atoms with van der Waals surface area (Å²) >= 11 is 6.71. The number of ether oxygens (including phenoxy) is 2. The van der Waals surface area contributed by atoms with Crippen molar-refractivity contribution in [2.45, 2.75) is 20.5 Å². The van der Waals surface area contributed by atoms with E-state index in [4.69, 9.17) is 21.7 Å². The van der Waals surface area contributed by atoms with Crippen LogP contribution in [0.5, 0.6) is 11.5 Å². The first-order chi connectivity index (χ1) is 16.9. The van der Waals surface area contributed by atoms with Crippen molar-refractivity contribution in [2.24, 2.45) is 0 Å². The number of carbonyl (C=O) groups excluding carboxylic acids is 1. The third-order valence-electron chi connectivity index (χ3n) is 5.19. The molecule has 0 atom stereocenters. The molecule has 0 saturated carbocycles. The highest BCUT2D eigenvalue weighted by atomic mass is 32.2. The first-order valence-corrected chi connectivity index (χ1v) is 12.1. The van der Waals surface area contributed by atoms with Crippen LogP contribution >= 0.6 is 24.0 Å². The number of thioether (sulfide) groups is 1. The summed E-state index contributed by atoms with van der Waals surface area (Å²) < 4.78 is 12.1. The number of thiocarbonyl (C=S) groups is 1. The van der Waals surface area contributed by atoms with E-state index in [0.717, 1.165) is 16.8 Å². The van der Waals surface area contributed by atoms with E-state index in [1.807, 2.05) is 38.1 Å². The fourth-order valence-corrected chi connectivity index (χ4v) is 4.88. The van der Waals surface area contributed by atoms with Gasteiger partial charge in [-0.1, -0.05) is 54.3 Å². The first kappa shape index (κ1) is 24.4. The Bertz CT molecular complexity index is 1340. The Morgan fingerprint density at radius 2 is 1.86 bits per heavy atom. The minimum atomic E-state index is -0.432. The minimum absolute atomic E-state index is 0.00211. The number of anilines is 1. The molecule has 0 aromatic heterocycles. The molecule has 0 aliphatic carbocycles. The van der Waals surface area contributed by atoms with Crippen LogP contribution in [0.15, 0.2) is 71.6 Å². The molecular weight excluding hydrogens is 484 g/mol. The average Bonchev–Trinajstić information content (AvgIpc) is 3.11. The summed E-state index contributed by atoms with van der Waals surface area (Å²) in [7, 11) is 0. The van der Waals surface area contributed by atoms with Crippen molar-refractivity contribution in [1.82, 2.24) is 0 Å². The molecule has 1 aliphatic rings. The summed E-state index contributed by atoms with van der Waals surface area (Å²) in [5.41, 5.74) is 2.99. The standard InChI is InChI=1S/C26H22N2O5S2/c1-3-32-23-14-18(11-12-22(23)33-16-19-8-4-5-10-21(19)28(30)31)15-24-25(29)27(26(34)35-24)20-9-6-7-17(2)13-20/h4-15H,3,16H2,1-2H3/b24-15-. The van der Waals surface area contributed by atoms with Crippen LogP contribution in [0.2, 0.25) is 0 Å². The zero-order chi connectivity index (χ0) is 24.9. The molecule has 3 aromatic rings. The third kappa shape index (κ3) is 5.52. The molecular formula is C26H22N2O5S2. The van der Waals surface area contributed by atoms with Gasteiger partial charge in [-0.05, 0) is 61.4 Å². The Kier molecular flexibility index (Phi) is 7.48. The van der Waals surface area contributed by atoms with Crippen LogP contribution in [0.4, 0.5) is 11.4 Å². The fraction of sp³-hybridized carbons (Fsp3) is 0.154. The van der Waals surface area contributed by atoms with E-state index in [2.05, 4.69) is 0 Å². The molecule has 1 saturated heterocycles. The number of nitrogens with zero attached hydrogens (tertiary/aromatic N) is 2. The van der Waals surface area contributed by atoms with E-state index in [9.17, 15) is 14.9 Å². The predicted molar refractivity (Wildman–Crippen MR) is 142 cm³/mol. The average molecular weight is 507 g/mol. The molecule has 0 N–H and O–H groups in total. The minimum Gasteiger partial charge on any atom is -0.490 e. The number of hydrogen-bond donors (Lipinski definition) is 0. The van der Waals surface area contributed by atoms with Crippen molar-refractivity contribution >= 4 is 51.7 Å². The van der Waals surface area contributed by atoms with E-state index < -0.39 is 4.92 Å². The van der Waals surface area contributed by atoms with Gasteiger partial charge in [0.15, 0.2) is 15.8 Å². The molecule has 3 aromatic carbocycles. The Hall–Kier alpha value is -3.69. The van der Waals surface area contributed by atoms with Crippen LogP contribution < -0.4 is 14.4 Å². The van der Waals surface area contributed by atoms with Crippen LogP contribution in [-0.2, 0) is 11.4 Å². The molecule has 1 heterocycles. The smallest absolute Gasteiger partial charge is 0.276 e. The molecule has 0 unspecified atom stereocenters. The Morgan fingerprint density at radius 1 is 1.06 bits per heavy atom. The number of nitro groups is 1. The van der Waals surface area contributed by atoms with Gasteiger partial charge in [0.1, 0.15) is 6.61 Å². The number of amides is 1. The second-order valence-electron chi connectivity index (χ2n) is 7.67. The Morgan fingerprint density at radius 3 is 2.60 bits per heavy atom. The van der Waals surface area contributed by atoms with Gasteiger partial charge in [0.25, 0.3) is 11.6 Å². The van der Waals surface area contributed by atoms with E-state index in [0.29, 0.717) is 32.9 Å². The van der Waals surface area contributed by atoms with Gasteiger partial charge < -0.3 is 9.47 Å². The lowest BCUT2D eigenvalue weighted by Gasteiger charge is -2.15. The van der Waals surface area contributed by atoms with E-state index in [1.54, 1.807) is 42.5 Å². The van der Waals surface area contributed by atoms with Gasteiger partial charge in [-0.15, -0.1) is 0 Å². The summed E-state index contributed by atoms with van der Waals surface area (Å²) in [6.45, 7) is 4.24. The second kappa shape index (κ2) is 10.7. The highest BCUT2D eigenvalue weighted by Crippen LogP contribution is 2.37. The normalized spacial score (nSPS) is 14.5. The molecule has 7 nitrogen and oxygen atoms in total. The van der Waals surface area contributed by atoms with Crippen molar-refractivity contribution in [3.05, 3.63) is 98.4 Å². The number of benzene rings is 3. The van der Waals surface area contributed by atoms with Crippen molar-refractivity contribution in [3.63, 3.8) is 0 Å². The summed E-state index contributed by atoms with van der Waals surface area (Å²) in [4.78, 5) is 26.0. The maximum atomic E-state index is 13.1. The second-order valence-corrected chi connectivity index (χ2v) is 9.35. The lowest BCUT2D eigenvalue weighted by Crippen LogP contribution is -2.27.